The summed E-state index contributed by atoms with van der Waals surface area (Å²) in [6.45, 7) is 13.6. The maximum Gasteiger partial charge on any atom is 0.406 e. The third kappa shape index (κ3) is 7.28. The first-order valence-corrected chi connectivity index (χ1v) is 16.1. The van der Waals surface area contributed by atoms with Gasteiger partial charge in [-0.1, -0.05) is 33.8 Å². The van der Waals surface area contributed by atoms with Gasteiger partial charge in [0.1, 0.15) is 11.5 Å². The number of ether oxygens (including phenoxy) is 1. The van der Waals surface area contributed by atoms with Crippen LogP contribution in [0.3, 0.4) is 0 Å². The van der Waals surface area contributed by atoms with Crippen LogP contribution in [0.5, 0.6) is 0 Å². The quantitative estimate of drug-likeness (QED) is 0.257. The van der Waals surface area contributed by atoms with Gasteiger partial charge < -0.3 is 24.8 Å². The zero-order valence-corrected chi connectivity index (χ0v) is 26.9. The number of aromatic nitrogens is 2. The van der Waals surface area contributed by atoms with Crippen molar-refractivity contribution in [2.24, 2.45) is 11.3 Å². The lowest BCUT2D eigenvalue weighted by Crippen LogP contribution is -2.39. The number of halogens is 2. The van der Waals surface area contributed by atoms with Crippen LogP contribution in [0.2, 0.25) is 0 Å². The molecule has 10 heteroatoms. The molecule has 8 nitrogen and oxygen atoms in total. The maximum atomic E-state index is 15.6. The molecule has 44 heavy (non-hydrogen) atoms. The first-order chi connectivity index (χ1) is 21.1. The minimum atomic E-state index is -0.480. The Morgan fingerprint density at radius 3 is 2.48 bits per heavy atom. The zero-order chi connectivity index (χ0) is 31.4. The molecule has 2 saturated heterocycles. The second kappa shape index (κ2) is 13.7. The molecule has 0 spiro atoms. The second-order valence-electron chi connectivity index (χ2n) is 13.4. The van der Waals surface area contributed by atoms with E-state index in [4.69, 9.17) is 4.98 Å². The van der Waals surface area contributed by atoms with Crippen LogP contribution in [-0.2, 0) is 11.3 Å². The van der Waals surface area contributed by atoms with Crippen LogP contribution in [-0.4, -0.2) is 67.3 Å². The second-order valence-corrected chi connectivity index (χ2v) is 13.4. The number of hydrogen-bond donors (Lipinski definition) is 2. The number of anilines is 2. The van der Waals surface area contributed by atoms with Gasteiger partial charge in [-0.3, -0.25) is 4.90 Å². The molecular formula is C34H48F2N6O2. The summed E-state index contributed by atoms with van der Waals surface area (Å²) in [5.41, 5.74) is 3.85. The van der Waals surface area contributed by atoms with Crippen LogP contribution in [0, 0.1) is 23.0 Å². The van der Waals surface area contributed by atoms with E-state index in [2.05, 4.69) is 64.7 Å². The summed E-state index contributed by atoms with van der Waals surface area (Å²) in [5, 5.41) is 2.74. The van der Waals surface area contributed by atoms with Crippen LogP contribution in [0.1, 0.15) is 77.2 Å². The number of H-pyrrole nitrogens is 1. The van der Waals surface area contributed by atoms with E-state index in [0.29, 0.717) is 44.3 Å². The molecule has 5 rings (SSSR count). The Labute approximate surface area is 260 Å². The topological polar surface area (TPSA) is 76.7 Å². The molecule has 0 bridgehead atoms. The average Bonchev–Trinajstić information content (AvgIpc) is 3.63. The van der Waals surface area contributed by atoms with Crippen molar-refractivity contribution in [1.29, 1.82) is 0 Å². The minimum absolute atomic E-state index is 0.0271. The van der Waals surface area contributed by atoms with Gasteiger partial charge in [0.2, 0.25) is 0 Å². The Hall–Kier alpha value is -3.40. The van der Waals surface area contributed by atoms with Gasteiger partial charge in [0.05, 0.1) is 30.7 Å². The smallest absolute Gasteiger partial charge is 0.406 e. The van der Waals surface area contributed by atoms with Gasteiger partial charge >= 0.3 is 6.09 Å². The molecule has 2 aliphatic heterocycles. The lowest BCUT2D eigenvalue weighted by atomic mass is 9.75. The van der Waals surface area contributed by atoms with Gasteiger partial charge in [0.25, 0.3) is 0 Å². The SMILES string of the molecule is CCCN(CCNC(=O)OC)Cc1nc2ccc(C3CCCN3c3cc(F)c(N4CCC(C(C)(C)C)CC4)c(F)c3)cc2[nH]1. The number of methoxy groups -OCH3 is 1. The normalized spacial score (nSPS) is 18.0. The summed E-state index contributed by atoms with van der Waals surface area (Å²) >= 11 is 0. The van der Waals surface area contributed by atoms with E-state index >= 15 is 8.78 Å². The van der Waals surface area contributed by atoms with Gasteiger partial charge in [0, 0.05) is 38.4 Å². The summed E-state index contributed by atoms with van der Waals surface area (Å²) < 4.78 is 35.8. The number of amides is 1. The predicted molar refractivity (Wildman–Crippen MR) is 172 cm³/mol. The number of nitrogens with zero attached hydrogens (tertiary/aromatic N) is 4. The first kappa shape index (κ1) is 32.0. The standard InChI is InChI=1S/C34H48F2N6O2/c1-6-14-40(18-13-37-33(43)44-5)22-31-38-28-10-9-23(19-29(28)39-31)30-8-7-15-42(30)25-20-26(35)32(27(36)21-25)41-16-11-24(12-17-41)34(2,3)4/h9-10,19-21,24,30H,6-8,11-18,22H2,1-5H3,(H,37,43)(H,38,39). The first-order valence-electron chi connectivity index (χ1n) is 16.1. The highest BCUT2D eigenvalue weighted by molar-refractivity contribution is 5.76. The Morgan fingerprint density at radius 2 is 1.82 bits per heavy atom. The number of alkyl carbamates (subject to hydrolysis) is 1. The number of aromatic amines is 1. The number of hydrogen-bond acceptors (Lipinski definition) is 6. The highest BCUT2D eigenvalue weighted by Crippen LogP contribution is 2.41. The Morgan fingerprint density at radius 1 is 1.09 bits per heavy atom. The van der Waals surface area contributed by atoms with Crippen LogP contribution in [0.25, 0.3) is 11.0 Å². The van der Waals surface area contributed by atoms with Gasteiger partial charge in [-0.15, -0.1) is 0 Å². The molecule has 0 radical (unpaired) electrons. The van der Waals surface area contributed by atoms with Crippen molar-refractivity contribution in [3.05, 3.63) is 53.4 Å². The fraction of sp³-hybridized carbons (Fsp3) is 0.588. The molecule has 1 amide bonds. The van der Waals surface area contributed by atoms with Crippen LogP contribution >= 0.6 is 0 Å². The summed E-state index contributed by atoms with van der Waals surface area (Å²) in [7, 11) is 1.36. The van der Waals surface area contributed by atoms with E-state index in [-0.39, 0.29) is 17.1 Å². The van der Waals surface area contributed by atoms with E-state index < -0.39 is 17.7 Å². The summed E-state index contributed by atoms with van der Waals surface area (Å²) in [4.78, 5) is 26.0. The molecule has 1 aromatic heterocycles. The summed E-state index contributed by atoms with van der Waals surface area (Å²) in [6.07, 6.45) is 4.30. The molecule has 1 atom stereocenters. The fourth-order valence-corrected chi connectivity index (χ4v) is 6.96. The molecular weight excluding hydrogens is 562 g/mol. The van der Waals surface area contributed by atoms with Crippen LogP contribution in [0.4, 0.5) is 25.0 Å². The van der Waals surface area contributed by atoms with Crippen molar-refractivity contribution in [3.8, 4) is 0 Å². The van der Waals surface area contributed by atoms with E-state index in [9.17, 15) is 4.79 Å². The molecule has 0 aliphatic carbocycles. The van der Waals surface area contributed by atoms with Crippen molar-refractivity contribution in [2.45, 2.75) is 72.4 Å². The fourth-order valence-electron chi connectivity index (χ4n) is 6.96. The van der Waals surface area contributed by atoms with Gasteiger partial charge in [0.15, 0.2) is 11.6 Å². The van der Waals surface area contributed by atoms with Crippen molar-refractivity contribution in [1.82, 2.24) is 20.2 Å². The highest BCUT2D eigenvalue weighted by Gasteiger charge is 2.32. The summed E-state index contributed by atoms with van der Waals surface area (Å²) in [5.74, 6) is 0.459. The number of nitrogens with one attached hydrogen (secondary N) is 2. The molecule has 3 aromatic rings. The zero-order valence-electron chi connectivity index (χ0n) is 26.9. The average molecular weight is 611 g/mol. The minimum Gasteiger partial charge on any atom is -0.453 e. The summed E-state index contributed by atoms with van der Waals surface area (Å²) in [6, 6.07) is 9.31. The molecule has 2 aromatic carbocycles. The lowest BCUT2D eigenvalue weighted by Gasteiger charge is -2.40. The molecule has 2 fully saturated rings. The third-order valence-corrected chi connectivity index (χ3v) is 9.36. The van der Waals surface area contributed by atoms with Crippen molar-refractivity contribution >= 4 is 28.5 Å². The number of fused-ring (bicyclic) bond motifs is 1. The number of rotatable bonds is 10. The van der Waals surface area contributed by atoms with Crippen LogP contribution in [0.15, 0.2) is 30.3 Å². The predicted octanol–water partition coefficient (Wildman–Crippen LogP) is 7.01. The maximum absolute atomic E-state index is 15.6. The van der Waals surface area contributed by atoms with E-state index in [1.54, 1.807) is 0 Å². The Bertz CT molecular complexity index is 1410. The molecule has 240 valence electrons. The van der Waals surface area contributed by atoms with Crippen molar-refractivity contribution < 1.29 is 18.3 Å². The number of carbonyl (C=O) groups excluding carboxylic acids is 1. The molecule has 2 aliphatic rings. The third-order valence-electron chi connectivity index (χ3n) is 9.36. The van der Waals surface area contributed by atoms with Gasteiger partial charge in [-0.05, 0) is 79.8 Å². The number of imidazole rings is 1. The lowest BCUT2D eigenvalue weighted by molar-refractivity contribution is 0.168. The van der Waals surface area contributed by atoms with E-state index in [1.807, 2.05) is 11.0 Å². The monoisotopic (exact) mass is 610 g/mol. The number of piperidine rings is 1. The van der Waals surface area contributed by atoms with Gasteiger partial charge in [-0.2, -0.15) is 0 Å². The van der Waals surface area contributed by atoms with Crippen molar-refractivity contribution in [3.63, 3.8) is 0 Å². The Balaban J connectivity index is 1.29. The number of carbonyl (C=O) groups is 1. The molecule has 0 saturated carbocycles. The van der Waals surface area contributed by atoms with Crippen LogP contribution < -0.4 is 15.1 Å². The van der Waals surface area contributed by atoms with E-state index in [1.165, 1.54) is 19.2 Å². The number of benzene rings is 2. The van der Waals surface area contributed by atoms with Gasteiger partial charge in [-0.25, -0.2) is 18.6 Å². The highest BCUT2D eigenvalue weighted by atomic mass is 19.1. The largest absolute Gasteiger partial charge is 0.453 e. The Kier molecular flexibility index (Phi) is 9.97. The molecule has 2 N–H and O–H groups in total. The molecule has 1 unspecified atom stereocenters. The van der Waals surface area contributed by atoms with Crippen molar-refractivity contribution in [2.75, 3.05) is 56.2 Å². The van der Waals surface area contributed by atoms with E-state index in [0.717, 1.165) is 67.6 Å². The molecule has 3 heterocycles.